The van der Waals surface area contributed by atoms with E-state index in [9.17, 15) is 0 Å². The Bertz CT molecular complexity index is 2900. The number of oxazole rings is 1. The number of aromatic nitrogens is 2. The van der Waals surface area contributed by atoms with Gasteiger partial charge in [0, 0.05) is 28.3 Å². The number of para-hydroxylation sites is 1. The van der Waals surface area contributed by atoms with Gasteiger partial charge in [-0.15, -0.1) is 0 Å². The molecule has 0 saturated carbocycles. The summed E-state index contributed by atoms with van der Waals surface area (Å²) in [5.41, 5.74) is 12.5. The molecule has 0 aliphatic carbocycles. The van der Waals surface area contributed by atoms with E-state index in [2.05, 4.69) is 169 Å². The maximum Gasteiger partial charge on any atom is 0.227 e. The van der Waals surface area contributed by atoms with Crippen LogP contribution in [0.15, 0.2) is 187 Å². The highest BCUT2D eigenvalue weighted by Gasteiger charge is 2.17. The molecule has 0 radical (unpaired) electrons. The monoisotopic (exact) mass is 650 g/mol. The Morgan fingerprint density at radius 3 is 1.55 bits per heavy atom. The summed E-state index contributed by atoms with van der Waals surface area (Å²) in [4.78, 5) is 9.76. The summed E-state index contributed by atoms with van der Waals surface area (Å²) in [6.45, 7) is 0. The van der Waals surface area contributed by atoms with Gasteiger partial charge in [0.25, 0.3) is 0 Å². The number of hydrogen-bond acceptors (Lipinski definition) is 3. The Hall–Kier alpha value is -6.84. The lowest BCUT2D eigenvalue weighted by molar-refractivity contribution is 0.620. The first-order valence-corrected chi connectivity index (χ1v) is 17.2. The highest BCUT2D eigenvalue weighted by Crippen LogP contribution is 2.38. The summed E-state index contributed by atoms with van der Waals surface area (Å²) in [5.74, 6) is 0.605. The second kappa shape index (κ2) is 11.9. The van der Waals surface area contributed by atoms with Crippen LogP contribution < -0.4 is 0 Å². The molecule has 0 unspecified atom stereocenters. The van der Waals surface area contributed by atoms with Gasteiger partial charge in [0.1, 0.15) is 5.52 Å². The first kappa shape index (κ1) is 29.1. The van der Waals surface area contributed by atoms with Crippen molar-refractivity contribution < 1.29 is 4.42 Å². The number of rotatable bonds is 5. The first-order valence-electron chi connectivity index (χ1n) is 17.2. The standard InChI is InChI=1S/C48H30N2O/c1-3-9-37-25-39(23-19-31(37)7-1)42-28-44(40-24-20-32-8-2-4-10-38(32)26-40)47-46(29-42)51-48(50-47)36-21-17-34(18-22-36)33-13-15-35(16-14-33)43-27-41-11-5-6-12-45(41)49-30-43/h1-30H. The molecule has 238 valence electrons. The lowest BCUT2D eigenvalue weighted by atomic mass is 9.95. The largest absolute Gasteiger partial charge is 0.436 e. The van der Waals surface area contributed by atoms with Crippen molar-refractivity contribution in [2.24, 2.45) is 0 Å². The molecular formula is C48H30N2O. The molecule has 10 aromatic rings. The maximum absolute atomic E-state index is 6.58. The van der Waals surface area contributed by atoms with Gasteiger partial charge in [0.2, 0.25) is 5.89 Å². The summed E-state index contributed by atoms with van der Waals surface area (Å²) in [6.07, 6.45) is 1.95. The molecule has 0 aliphatic rings. The minimum atomic E-state index is 0.605. The molecule has 10 rings (SSSR count). The van der Waals surface area contributed by atoms with Crippen molar-refractivity contribution in [2.45, 2.75) is 0 Å². The van der Waals surface area contributed by atoms with Crippen molar-refractivity contribution in [1.82, 2.24) is 9.97 Å². The van der Waals surface area contributed by atoms with Crippen LogP contribution in [-0.2, 0) is 0 Å². The molecule has 3 nitrogen and oxygen atoms in total. The van der Waals surface area contributed by atoms with Crippen molar-refractivity contribution >= 4 is 43.5 Å². The summed E-state index contributed by atoms with van der Waals surface area (Å²) in [6, 6.07) is 62.1. The quantitative estimate of drug-likeness (QED) is 0.186. The molecule has 0 saturated heterocycles. The molecule has 0 fully saturated rings. The number of nitrogens with zero attached hydrogens (tertiary/aromatic N) is 2. The zero-order valence-electron chi connectivity index (χ0n) is 27.6. The van der Waals surface area contributed by atoms with Crippen LogP contribution in [0.2, 0.25) is 0 Å². The van der Waals surface area contributed by atoms with Crippen LogP contribution in [0, 0.1) is 0 Å². The number of fused-ring (bicyclic) bond motifs is 4. The van der Waals surface area contributed by atoms with E-state index in [1.165, 1.54) is 21.5 Å². The fourth-order valence-electron chi connectivity index (χ4n) is 7.15. The Labute approximate surface area is 295 Å². The predicted octanol–water partition coefficient (Wildman–Crippen LogP) is 13.0. The molecular weight excluding hydrogens is 621 g/mol. The van der Waals surface area contributed by atoms with E-state index in [0.29, 0.717) is 5.89 Å². The van der Waals surface area contributed by atoms with Crippen LogP contribution in [0.25, 0.3) is 99.5 Å². The van der Waals surface area contributed by atoms with E-state index in [4.69, 9.17) is 9.40 Å². The van der Waals surface area contributed by atoms with Gasteiger partial charge in [-0.25, -0.2) is 4.98 Å². The Morgan fingerprint density at radius 2 is 0.863 bits per heavy atom. The van der Waals surface area contributed by atoms with Gasteiger partial charge < -0.3 is 4.42 Å². The van der Waals surface area contributed by atoms with Gasteiger partial charge >= 0.3 is 0 Å². The fraction of sp³-hybridized carbons (Fsp3) is 0. The van der Waals surface area contributed by atoms with Gasteiger partial charge in [-0.1, -0.05) is 127 Å². The van der Waals surface area contributed by atoms with Crippen LogP contribution in [-0.4, -0.2) is 9.97 Å². The first-order chi connectivity index (χ1) is 25.2. The average molecular weight is 651 g/mol. The summed E-state index contributed by atoms with van der Waals surface area (Å²) in [5, 5.41) is 5.98. The molecule has 0 atom stereocenters. The van der Waals surface area contributed by atoms with Crippen LogP contribution in [0.3, 0.4) is 0 Å². The molecule has 0 aliphatic heterocycles. The van der Waals surface area contributed by atoms with Crippen LogP contribution in [0.1, 0.15) is 0 Å². The predicted molar refractivity (Wildman–Crippen MR) is 212 cm³/mol. The van der Waals surface area contributed by atoms with E-state index in [1.807, 2.05) is 18.3 Å². The van der Waals surface area contributed by atoms with E-state index in [1.54, 1.807) is 0 Å². The van der Waals surface area contributed by atoms with Gasteiger partial charge in [-0.2, -0.15) is 0 Å². The number of benzene rings is 8. The average Bonchev–Trinajstić information content (AvgIpc) is 3.65. The number of hydrogen-bond donors (Lipinski definition) is 0. The Morgan fingerprint density at radius 1 is 0.353 bits per heavy atom. The van der Waals surface area contributed by atoms with Crippen LogP contribution in [0.4, 0.5) is 0 Å². The molecule has 0 spiro atoms. The van der Waals surface area contributed by atoms with Crippen molar-refractivity contribution in [3.63, 3.8) is 0 Å². The molecule has 0 bridgehead atoms. The van der Waals surface area contributed by atoms with Crippen molar-refractivity contribution in [3.05, 3.63) is 182 Å². The maximum atomic E-state index is 6.58. The molecule has 8 aromatic carbocycles. The van der Waals surface area contributed by atoms with Crippen molar-refractivity contribution in [2.75, 3.05) is 0 Å². The summed E-state index contributed by atoms with van der Waals surface area (Å²) in [7, 11) is 0. The third-order valence-electron chi connectivity index (χ3n) is 9.91. The van der Waals surface area contributed by atoms with Gasteiger partial charge in [0.15, 0.2) is 5.58 Å². The second-order valence-corrected chi connectivity index (χ2v) is 13.1. The molecule has 0 N–H and O–H groups in total. The van der Waals surface area contributed by atoms with Crippen LogP contribution in [0.5, 0.6) is 0 Å². The van der Waals surface area contributed by atoms with Gasteiger partial charge in [-0.3, -0.25) is 4.98 Å². The van der Waals surface area contributed by atoms with Crippen molar-refractivity contribution in [3.8, 4) is 56.0 Å². The van der Waals surface area contributed by atoms with E-state index in [0.717, 1.165) is 72.1 Å². The highest BCUT2D eigenvalue weighted by atomic mass is 16.3. The minimum Gasteiger partial charge on any atom is -0.436 e. The minimum absolute atomic E-state index is 0.605. The van der Waals surface area contributed by atoms with E-state index >= 15 is 0 Å². The molecule has 3 heteroatoms. The number of pyridine rings is 1. The molecule has 51 heavy (non-hydrogen) atoms. The second-order valence-electron chi connectivity index (χ2n) is 13.1. The third-order valence-corrected chi connectivity index (χ3v) is 9.91. The zero-order chi connectivity index (χ0) is 33.7. The van der Waals surface area contributed by atoms with Crippen LogP contribution >= 0.6 is 0 Å². The fourth-order valence-corrected chi connectivity index (χ4v) is 7.15. The van der Waals surface area contributed by atoms with E-state index < -0.39 is 0 Å². The molecule has 0 amide bonds. The summed E-state index contributed by atoms with van der Waals surface area (Å²) < 4.78 is 6.58. The van der Waals surface area contributed by atoms with Gasteiger partial charge in [-0.05, 0) is 103 Å². The molecule has 2 heterocycles. The smallest absolute Gasteiger partial charge is 0.227 e. The van der Waals surface area contributed by atoms with E-state index in [-0.39, 0.29) is 0 Å². The normalized spacial score (nSPS) is 11.5. The van der Waals surface area contributed by atoms with Crippen molar-refractivity contribution in [1.29, 1.82) is 0 Å². The lowest BCUT2D eigenvalue weighted by Crippen LogP contribution is -1.86. The topological polar surface area (TPSA) is 38.9 Å². The summed E-state index contributed by atoms with van der Waals surface area (Å²) >= 11 is 0. The Kier molecular flexibility index (Phi) is 6.81. The SMILES string of the molecule is c1ccc2cc(-c3cc(-c4ccc5ccccc5c4)c4nc(-c5ccc(-c6ccc(-c7cnc8ccccc8c7)cc6)cc5)oc4c3)ccc2c1. The Balaban J connectivity index is 1.02. The lowest BCUT2D eigenvalue weighted by Gasteiger charge is -2.09. The zero-order valence-corrected chi connectivity index (χ0v) is 27.6. The van der Waals surface area contributed by atoms with Gasteiger partial charge in [0.05, 0.1) is 5.52 Å². The highest BCUT2D eigenvalue weighted by molar-refractivity contribution is 5.99. The third kappa shape index (κ3) is 5.33. The molecule has 2 aromatic heterocycles.